The number of alkyl halides is 3. The fourth-order valence-electron chi connectivity index (χ4n) is 0.830. The lowest BCUT2D eigenvalue weighted by Gasteiger charge is -2.03. The second-order valence-electron chi connectivity index (χ2n) is 2.78. The highest BCUT2D eigenvalue weighted by Gasteiger charge is 2.39. The van der Waals surface area contributed by atoms with Crippen molar-refractivity contribution in [1.29, 1.82) is 0 Å². The van der Waals surface area contributed by atoms with Gasteiger partial charge in [0.1, 0.15) is 0 Å². The van der Waals surface area contributed by atoms with E-state index in [1.807, 2.05) is 0 Å². The number of nitrogens with one attached hydrogen (secondary N) is 1. The molecule has 0 radical (unpaired) electrons. The van der Waals surface area contributed by atoms with Crippen LogP contribution in [0, 0.1) is 6.92 Å². The number of thiazole rings is 1. The van der Waals surface area contributed by atoms with Gasteiger partial charge in [-0.2, -0.15) is 13.2 Å². The van der Waals surface area contributed by atoms with E-state index in [1.165, 1.54) is 12.2 Å². The fourth-order valence-corrected chi connectivity index (χ4v) is 3.18. The van der Waals surface area contributed by atoms with Crippen molar-refractivity contribution in [3.05, 3.63) is 5.69 Å². The van der Waals surface area contributed by atoms with Gasteiger partial charge in [0.05, 0.1) is 5.69 Å². The second kappa shape index (κ2) is 4.42. The molecule has 0 saturated carbocycles. The first-order valence-electron chi connectivity index (χ1n) is 3.82. The molecule has 0 aliphatic rings. The first-order valence-corrected chi connectivity index (χ1v) is 6.94. The summed E-state index contributed by atoms with van der Waals surface area (Å²) >= 11 is 0.348. The fraction of sp³-hybridized carbons (Fsp3) is 0.333. The van der Waals surface area contributed by atoms with Crippen LogP contribution >= 0.6 is 22.0 Å². The van der Waals surface area contributed by atoms with Crippen LogP contribution in [-0.4, -0.2) is 25.5 Å². The van der Waals surface area contributed by atoms with Crippen LogP contribution in [0.1, 0.15) is 5.69 Å². The van der Waals surface area contributed by atoms with Crippen molar-refractivity contribution in [1.82, 2.24) is 4.98 Å². The zero-order valence-corrected chi connectivity index (χ0v) is 10.4. The molecule has 11 heteroatoms. The summed E-state index contributed by atoms with van der Waals surface area (Å²) in [5.74, 6) is -2.23. The molecule has 0 saturated heterocycles. The number of carbonyl (C=O) groups is 1. The monoisotopic (exact) mass is 308 g/mol. The van der Waals surface area contributed by atoms with Crippen molar-refractivity contribution in [3.63, 3.8) is 0 Å². The van der Waals surface area contributed by atoms with E-state index in [9.17, 15) is 26.4 Å². The average Bonchev–Trinajstić information content (AvgIpc) is 2.44. The van der Waals surface area contributed by atoms with Gasteiger partial charge in [0.2, 0.25) is 0 Å². The predicted molar refractivity (Wildman–Crippen MR) is 54.6 cm³/mol. The number of anilines is 1. The first kappa shape index (κ1) is 14.2. The van der Waals surface area contributed by atoms with Crippen LogP contribution in [0.4, 0.5) is 18.3 Å². The molecule has 0 aromatic carbocycles. The molecule has 1 aromatic rings. The number of rotatable bonds is 2. The van der Waals surface area contributed by atoms with Gasteiger partial charge >= 0.3 is 12.1 Å². The minimum absolute atomic E-state index is 0.0810. The largest absolute Gasteiger partial charge is 0.471 e. The number of hydrogen-bond acceptors (Lipinski definition) is 5. The summed E-state index contributed by atoms with van der Waals surface area (Å²) < 4.78 is 57.2. The Morgan fingerprint density at radius 1 is 1.47 bits per heavy atom. The van der Waals surface area contributed by atoms with Crippen LogP contribution < -0.4 is 5.32 Å². The van der Waals surface area contributed by atoms with Crippen molar-refractivity contribution in [2.24, 2.45) is 0 Å². The summed E-state index contributed by atoms with van der Waals surface area (Å²) in [6.45, 7) is 1.25. The van der Waals surface area contributed by atoms with Crippen molar-refractivity contribution >= 4 is 42.1 Å². The molecule has 1 N–H and O–H groups in total. The lowest BCUT2D eigenvalue weighted by Crippen LogP contribution is -2.29. The molecule has 1 aromatic heterocycles. The van der Waals surface area contributed by atoms with Crippen LogP contribution in [0.25, 0.3) is 0 Å². The molecule has 0 atom stereocenters. The third kappa shape index (κ3) is 3.54. The topological polar surface area (TPSA) is 76.1 Å². The molecular formula is C6H4ClF3N2O3S2. The Morgan fingerprint density at radius 2 is 2.00 bits per heavy atom. The zero-order valence-electron chi connectivity index (χ0n) is 8.00. The van der Waals surface area contributed by atoms with E-state index in [1.54, 1.807) is 0 Å². The van der Waals surface area contributed by atoms with E-state index < -0.39 is 30.5 Å². The molecule has 0 fully saturated rings. The molecule has 1 rings (SSSR count). The van der Waals surface area contributed by atoms with Gasteiger partial charge in [0.15, 0.2) is 9.34 Å². The Labute approximate surface area is 102 Å². The highest BCUT2D eigenvalue weighted by molar-refractivity contribution is 8.15. The molecule has 1 amide bonds. The SMILES string of the molecule is Cc1nc(NC(=O)C(F)(F)F)sc1S(=O)(=O)Cl. The van der Waals surface area contributed by atoms with Crippen molar-refractivity contribution in [2.75, 3.05) is 5.32 Å². The normalized spacial score (nSPS) is 12.5. The summed E-state index contributed by atoms with van der Waals surface area (Å²) in [5, 5.41) is 0.953. The Bertz CT molecular complexity index is 551. The molecule has 1 heterocycles. The summed E-state index contributed by atoms with van der Waals surface area (Å²) in [5.41, 5.74) is -0.0810. The van der Waals surface area contributed by atoms with Gasteiger partial charge in [0.25, 0.3) is 9.05 Å². The predicted octanol–water partition coefficient (Wildman–Crippen LogP) is 1.88. The molecule has 0 unspecified atom stereocenters. The Hall–Kier alpha value is -0.870. The number of nitrogens with zero attached hydrogens (tertiary/aromatic N) is 1. The van der Waals surface area contributed by atoms with Gasteiger partial charge < -0.3 is 0 Å². The second-order valence-corrected chi connectivity index (χ2v) is 6.54. The van der Waals surface area contributed by atoms with Crippen LogP contribution in [-0.2, 0) is 13.8 Å². The van der Waals surface area contributed by atoms with Crippen molar-refractivity contribution < 1.29 is 26.4 Å². The number of amides is 1. The average molecular weight is 309 g/mol. The summed E-state index contributed by atoms with van der Waals surface area (Å²) in [6.07, 6.45) is -5.07. The van der Waals surface area contributed by atoms with Crippen LogP contribution in [0.5, 0.6) is 0 Å². The molecule has 0 aliphatic heterocycles. The number of aryl methyl sites for hydroxylation is 1. The number of aromatic nitrogens is 1. The van der Waals surface area contributed by atoms with Gasteiger partial charge in [-0.1, -0.05) is 11.3 Å². The smallest absolute Gasteiger partial charge is 0.294 e. The minimum Gasteiger partial charge on any atom is -0.294 e. The third-order valence-electron chi connectivity index (χ3n) is 1.45. The van der Waals surface area contributed by atoms with Crippen LogP contribution in [0.3, 0.4) is 0 Å². The highest BCUT2D eigenvalue weighted by atomic mass is 35.7. The summed E-state index contributed by atoms with van der Waals surface area (Å²) in [6, 6.07) is 0. The third-order valence-corrected chi connectivity index (χ3v) is 4.70. The van der Waals surface area contributed by atoms with Crippen LogP contribution in [0.15, 0.2) is 4.21 Å². The maximum atomic E-state index is 11.9. The molecule has 0 aliphatic carbocycles. The Morgan fingerprint density at radius 3 is 2.35 bits per heavy atom. The van der Waals surface area contributed by atoms with Crippen LogP contribution in [0.2, 0.25) is 0 Å². The Balaban J connectivity index is 3.01. The van der Waals surface area contributed by atoms with E-state index >= 15 is 0 Å². The number of hydrogen-bond donors (Lipinski definition) is 1. The summed E-state index contributed by atoms with van der Waals surface area (Å²) in [4.78, 5) is 14.0. The van der Waals surface area contributed by atoms with Gasteiger partial charge in [-0.3, -0.25) is 10.1 Å². The van der Waals surface area contributed by atoms with Gasteiger partial charge in [-0.15, -0.1) is 0 Å². The highest BCUT2D eigenvalue weighted by Crippen LogP contribution is 2.30. The lowest BCUT2D eigenvalue weighted by molar-refractivity contribution is -0.167. The minimum atomic E-state index is -5.07. The Kier molecular flexibility index (Phi) is 3.69. The van der Waals surface area contributed by atoms with E-state index in [0.717, 1.165) is 0 Å². The molecule has 17 heavy (non-hydrogen) atoms. The van der Waals surface area contributed by atoms with E-state index in [-0.39, 0.29) is 5.69 Å². The molecule has 0 bridgehead atoms. The quantitative estimate of drug-likeness (QED) is 0.846. The molecule has 0 spiro atoms. The van der Waals surface area contributed by atoms with E-state index in [0.29, 0.717) is 11.3 Å². The number of halogens is 4. The van der Waals surface area contributed by atoms with Gasteiger partial charge in [-0.25, -0.2) is 13.4 Å². The standard InChI is InChI=1S/C6H4ClF3N2O3S2/c1-2-3(17(7,14)15)16-5(11-2)12-4(13)6(8,9)10/h1H3,(H,11,12,13). The van der Waals surface area contributed by atoms with E-state index in [4.69, 9.17) is 10.7 Å². The zero-order chi connectivity index (χ0) is 13.4. The maximum absolute atomic E-state index is 11.9. The van der Waals surface area contributed by atoms with Crippen molar-refractivity contribution in [2.45, 2.75) is 17.3 Å². The van der Waals surface area contributed by atoms with Gasteiger partial charge in [-0.05, 0) is 6.92 Å². The summed E-state index contributed by atoms with van der Waals surface area (Å²) in [7, 11) is 0.923. The lowest BCUT2D eigenvalue weighted by atomic mass is 10.6. The van der Waals surface area contributed by atoms with E-state index in [2.05, 4.69) is 4.98 Å². The molecule has 96 valence electrons. The van der Waals surface area contributed by atoms with Crippen molar-refractivity contribution in [3.8, 4) is 0 Å². The first-order chi connectivity index (χ1) is 7.51. The van der Waals surface area contributed by atoms with Gasteiger partial charge in [0, 0.05) is 10.7 Å². The number of carbonyl (C=O) groups excluding carboxylic acids is 1. The molecule has 5 nitrogen and oxygen atoms in total. The molecular weight excluding hydrogens is 305 g/mol. The maximum Gasteiger partial charge on any atom is 0.471 e.